The Hall–Kier alpha value is -0.0294. The molecule has 0 amide bonds. The Bertz CT molecular complexity index is 645. The van der Waals surface area contributed by atoms with E-state index < -0.39 is 25.2 Å². The summed E-state index contributed by atoms with van der Waals surface area (Å²) >= 11 is 0. The van der Waals surface area contributed by atoms with Crippen LogP contribution >= 0.6 is 0 Å². The lowest BCUT2D eigenvalue weighted by molar-refractivity contribution is 0.0662. The minimum Gasteiger partial charge on any atom is -0.437 e. The van der Waals surface area contributed by atoms with Gasteiger partial charge in [0.15, 0.2) is 16.6 Å². The third-order valence-electron chi connectivity index (χ3n) is 6.52. The molecule has 232 valence electrons. The van der Waals surface area contributed by atoms with Gasteiger partial charge >= 0.3 is 8.56 Å². The average molecular weight is 601 g/mol. The van der Waals surface area contributed by atoms with Gasteiger partial charge in [-0.15, -0.1) is 0 Å². The van der Waals surface area contributed by atoms with E-state index in [0.29, 0.717) is 10.8 Å². The lowest BCUT2D eigenvalue weighted by Crippen LogP contribution is -2.52. The Balaban J connectivity index is 4.38. The molecule has 0 saturated heterocycles. The van der Waals surface area contributed by atoms with Gasteiger partial charge in [-0.1, -0.05) is 65.8 Å². The van der Waals surface area contributed by atoms with E-state index in [4.69, 9.17) is 17.7 Å². The largest absolute Gasteiger partial charge is 0.437 e. The smallest absolute Gasteiger partial charge is 0.311 e. The minimum absolute atomic E-state index is 0.267. The summed E-state index contributed by atoms with van der Waals surface area (Å²) in [5.74, 6) is 0. The van der Waals surface area contributed by atoms with E-state index in [1.165, 1.54) is 0 Å². The van der Waals surface area contributed by atoms with Crippen LogP contribution < -0.4 is 0 Å². The van der Waals surface area contributed by atoms with Gasteiger partial charge in [-0.2, -0.15) is 0 Å². The SMILES string of the molecule is CC(CC[Si](C)(C)O[Si](C)(C)O[Si](C)(C)CCC(C)OCC/C=C/CC(C)(C)C)OCC/C=C/CC(C)(C)C. The number of hydrogen-bond acceptors (Lipinski definition) is 4. The van der Waals surface area contributed by atoms with Gasteiger partial charge < -0.3 is 17.7 Å². The fourth-order valence-electron chi connectivity index (χ4n) is 4.51. The van der Waals surface area contributed by atoms with Crippen LogP contribution in [0.4, 0.5) is 0 Å². The van der Waals surface area contributed by atoms with Crippen molar-refractivity contribution in [3.8, 4) is 0 Å². The highest BCUT2D eigenvalue weighted by Crippen LogP contribution is 2.27. The van der Waals surface area contributed by atoms with Crippen molar-refractivity contribution in [2.45, 2.75) is 157 Å². The first-order valence-corrected chi connectivity index (χ1v) is 24.6. The van der Waals surface area contributed by atoms with Crippen molar-refractivity contribution in [1.29, 1.82) is 0 Å². The third kappa shape index (κ3) is 25.4. The van der Waals surface area contributed by atoms with E-state index in [0.717, 1.165) is 63.8 Å². The molecule has 39 heavy (non-hydrogen) atoms. The first-order valence-electron chi connectivity index (χ1n) is 15.6. The molecule has 0 aliphatic carbocycles. The van der Waals surface area contributed by atoms with Crippen molar-refractivity contribution < 1.29 is 17.7 Å². The van der Waals surface area contributed by atoms with Crippen molar-refractivity contribution in [2.75, 3.05) is 13.2 Å². The first-order chi connectivity index (χ1) is 17.6. The van der Waals surface area contributed by atoms with Gasteiger partial charge in [0.05, 0.1) is 25.4 Å². The molecular weight excluding hydrogens is 533 g/mol. The number of rotatable bonds is 20. The van der Waals surface area contributed by atoms with Crippen LogP contribution in [0.2, 0.25) is 51.4 Å². The van der Waals surface area contributed by atoms with E-state index in [2.05, 4.69) is 119 Å². The predicted molar refractivity (Wildman–Crippen MR) is 180 cm³/mol. The van der Waals surface area contributed by atoms with Crippen LogP contribution in [-0.4, -0.2) is 50.6 Å². The van der Waals surface area contributed by atoms with Gasteiger partial charge in [-0.05, 0) is 115 Å². The minimum atomic E-state index is -2.21. The van der Waals surface area contributed by atoms with Gasteiger partial charge in [-0.3, -0.25) is 0 Å². The average Bonchev–Trinajstić information content (AvgIpc) is 2.72. The standard InChI is InChI=1S/C32H68O4Si3/c1-29(33-25-19-15-17-23-31(3,4)5)21-27-37(9,10)35-39(13,14)36-38(11,12)28-22-30(2)34-26-20-16-18-24-32(6,7)8/h15-18,29-30H,19-28H2,1-14H3/b17-15+,18-16+. The van der Waals surface area contributed by atoms with Crippen molar-refractivity contribution >= 4 is 25.2 Å². The fraction of sp³-hybridized carbons (Fsp3) is 0.875. The highest BCUT2D eigenvalue weighted by atomic mass is 28.5. The first kappa shape index (κ1) is 39.0. The van der Waals surface area contributed by atoms with Gasteiger partial charge in [-0.25, -0.2) is 0 Å². The molecule has 0 aromatic rings. The molecule has 0 radical (unpaired) electrons. The van der Waals surface area contributed by atoms with Gasteiger partial charge in [0.2, 0.25) is 0 Å². The Morgan fingerprint density at radius 3 is 1.21 bits per heavy atom. The highest BCUT2D eigenvalue weighted by Gasteiger charge is 2.39. The fourth-order valence-corrected chi connectivity index (χ4v) is 18.7. The zero-order chi connectivity index (χ0) is 30.4. The molecule has 0 spiro atoms. The Labute approximate surface area is 248 Å². The summed E-state index contributed by atoms with van der Waals surface area (Å²) in [7, 11) is -5.87. The third-order valence-corrected chi connectivity index (χ3v) is 17.9. The van der Waals surface area contributed by atoms with Crippen molar-refractivity contribution in [3.05, 3.63) is 24.3 Å². The van der Waals surface area contributed by atoms with E-state index >= 15 is 0 Å². The zero-order valence-corrected chi connectivity index (χ0v) is 31.7. The second-order valence-electron chi connectivity index (χ2n) is 15.6. The second kappa shape index (κ2) is 17.8. The Morgan fingerprint density at radius 1 is 0.564 bits per heavy atom. The van der Waals surface area contributed by atoms with Crippen LogP contribution in [0, 0.1) is 10.8 Å². The van der Waals surface area contributed by atoms with Crippen molar-refractivity contribution in [1.82, 2.24) is 0 Å². The van der Waals surface area contributed by atoms with Crippen LogP contribution in [0.3, 0.4) is 0 Å². The molecule has 0 bridgehead atoms. The summed E-state index contributed by atoms with van der Waals surface area (Å²) in [6.07, 6.45) is 15.9. The molecular formula is C32H68O4Si3. The second-order valence-corrected chi connectivity index (χ2v) is 28.1. The highest BCUT2D eigenvalue weighted by molar-refractivity contribution is 6.87. The monoisotopic (exact) mass is 600 g/mol. The van der Waals surface area contributed by atoms with Crippen molar-refractivity contribution in [3.63, 3.8) is 0 Å². The molecule has 0 N–H and O–H groups in total. The lowest BCUT2D eigenvalue weighted by Gasteiger charge is -2.39. The molecule has 0 aliphatic heterocycles. The van der Waals surface area contributed by atoms with Crippen LogP contribution in [0.5, 0.6) is 0 Å². The summed E-state index contributed by atoms with van der Waals surface area (Å²) in [4.78, 5) is 0. The maximum Gasteiger partial charge on any atom is 0.311 e. The van der Waals surface area contributed by atoms with Crippen molar-refractivity contribution in [2.24, 2.45) is 10.8 Å². The molecule has 0 saturated carbocycles. The molecule has 0 rings (SSSR count). The van der Waals surface area contributed by atoms with Gasteiger partial charge in [0.1, 0.15) is 0 Å². The molecule has 2 atom stereocenters. The van der Waals surface area contributed by atoms with Gasteiger partial charge in [0, 0.05) is 0 Å². The molecule has 2 unspecified atom stereocenters. The van der Waals surface area contributed by atoms with Crippen LogP contribution in [0.25, 0.3) is 0 Å². The predicted octanol–water partition coefficient (Wildman–Crippen LogP) is 10.5. The normalized spacial score (nSPS) is 15.9. The maximum absolute atomic E-state index is 6.82. The van der Waals surface area contributed by atoms with Crippen LogP contribution in [0.1, 0.15) is 93.9 Å². The quantitative estimate of drug-likeness (QED) is 0.0791. The number of allylic oxidation sites excluding steroid dienone is 2. The summed E-state index contributed by atoms with van der Waals surface area (Å²) in [6.45, 7) is 33.5. The Morgan fingerprint density at radius 2 is 0.897 bits per heavy atom. The maximum atomic E-state index is 6.82. The van der Waals surface area contributed by atoms with Gasteiger partial charge in [0.25, 0.3) is 0 Å². The topological polar surface area (TPSA) is 36.9 Å². The lowest BCUT2D eigenvalue weighted by atomic mass is 9.92. The number of ether oxygens (including phenoxy) is 2. The van der Waals surface area contributed by atoms with E-state index in [9.17, 15) is 0 Å². The Kier molecular flexibility index (Phi) is 17.8. The summed E-state index contributed by atoms with van der Waals surface area (Å²) < 4.78 is 25.8. The van der Waals surface area contributed by atoms with E-state index in [-0.39, 0.29) is 12.2 Å². The van der Waals surface area contributed by atoms with E-state index in [1.54, 1.807) is 0 Å². The summed E-state index contributed by atoms with van der Waals surface area (Å²) in [6, 6.07) is 2.20. The molecule has 0 aromatic heterocycles. The molecule has 0 heterocycles. The summed E-state index contributed by atoms with van der Waals surface area (Å²) in [5, 5.41) is 0. The molecule has 0 fully saturated rings. The number of hydrogen-bond donors (Lipinski definition) is 0. The molecule has 0 aromatic carbocycles. The van der Waals surface area contributed by atoms with Crippen LogP contribution in [0.15, 0.2) is 24.3 Å². The molecule has 4 nitrogen and oxygen atoms in total. The zero-order valence-electron chi connectivity index (χ0n) is 28.7. The molecule has 7 heteroatoms. The van der Waals surface area contributed by atoms with Crippen LogP contribution in [-0.2, 0) is 17.7 Å². The molecule has 0 aliphatic rings. The van der Waals surface area contributed by atoms with E-state index in [1.807, 2.05) is 0 Å². The summed E-state index contributed by atoms with van der Waals surface area (Å²) in [5.41, 5.74) is 0.714.